The SMILES string of the molecule is CC(C)CN=C(NCCc1ccco1)NC1CCN(c2cccs2)CC1. The van der Waals surface area contributed by atoms with Crippen LogP contribution in [0.25, 0.3) is 0 Å². The van der Waals surface area contributed by atoms with Gasteiger partial charge in [0.1, 0.15) is 5.76 Å². The fourth-order valence-corrected chi connectivity index (χ4v) is 3.86. The van der Waals surface area contributed by atoms with E-state index in [1.165, 1.54) is 5.00 Å². The highest BCUT2D eigenvalue weighted by Gasteiger charge is 2.20. The van der Waals surface area contributed by atoms with Crippen molar-refractivity contribution in [1.82, 2.24) is 10.6 Å². The van der Waals surface area contributed by atoms with Gasteiger partial charge in [-0.25, -0.2) is 0 Å². The number of thiophene rings is 1. The first kappa shape index (κ1) is 18.8. The zero-order valence-corrected chi connectivity index (χ0v) is 16.6. The van der Waals surface area contributed by atoms with Crippen molar-refractivity contribution in [2.24, 2.45) is 10.9 Å². The van der Waals surface area contributed by atoms with Crippen LogP contribution in [0, 0.1) is 5.92 Å². The molecule has 0 bridgehead atoms. The minimum Gasteiger partial charge on any atom is -0.469 e. The Bertz CT molecular complexity index is 643. The second-order valence-electron chi connectivity index (χ2n) is 7.20. The van der Waals surface area contributed by atoms with E-state index in [2.05, 4.69) is 46.9 Å². The lowest BCUT2D eigenvalue weighted by atomic mass is 10.1. The predicted molar refractivity (Wildman–Crippen MR) is 110 cm³/mol. The smallest absolute Gasteiger partial charge is 0.191 e. The summed E-state index contributed by atoms with van der Waals surface area (Å²) in [5.41, 5.74) is 0. The molecule has 2 aromatic rings. The summed E-state index contributed by atoms with van der Waals surface area (Å²) in [5.74, 6) is 2.49. The Labute approximate surface area is 160 Å². The van der Waals surface area contributed by atoms with Crippen LogP contribution in [0.15, 0.2) is 45.3 Å². The van der Waals surface area contributed by atoms with E-state index in [0.29, 0.717) is 12.0 Å². The summed E-state index contributed by atoms with van der Waals surface area (Å²) in [6, 6.07) is 8.77. The van der Waals surface area contributed by atoms with Crippen LogP contribution in [0.2, 0.25) is 0 Å². The normalized spacial score (nSPS) is 16.3. The Morgan fingerprint density at radius 2 is 2.15 bits per heavy atom. The van der Waals surface area contributed by atoms with Crippen LogP contribution in [-0.2, 0) is 6.42 Å². The number of guanidine groups is 1. The van der Waals surface area contributed by atoms with Crippen LogP contribution < -0.4 is 15.5 Å². The predicted octanol–water partition coefficient (Wildman–Crippen LogP) is 3.74. The third-order valence-electron chi connectivity index (χ3n) is 4.51. The van der Waals surface area contributed by atoms with Gasteiger partial charge < -0.3 is 20.0 Å². The first-order valence-corrected chi connectivity index (χ1v) is 10.4. The van der Waals surface area contributed by atoms with Crippen molar-refractivity contribution >= 4 is 22.3 Å². The van der Waals surface area contributed by atoms with Crippen LogP contribution in [0.1, 0.15) is 32.4 Å². The summed E-state index contributed by atoms with van der Waals surface area (Å²) < 4.78 is 5.41. The van der Waals surface area contributed by atoms with Gasteiger partial charge in [0.25, 0.3) is 0 Å². The largest absolute Gasteiger partial charge is 0.469 e. The van der Waals surface area contributed by atoms with E-state index in [9.17, 15) is 0 Å². The average Bonchev–Trinajstić information content (AvgIpc) is 3.34. The Balaban J connectivity index is 1.48. The van der Waals surface area contributed by atoms with Crippen molar-refractivity contribution in [1.29, 1.82) is 0 Å². The molecule has 0 amide bonds. The Hall–Kier alpha value is -1.95. The molecule has 0 atom stereocenters. The second kappa shape index (κ2) is 9.67. The molecule has 3 rings (SSSR count). The molecule has 1 fully saturated rings. The molecule has 142 valence electrons. The zero-order chi connectivity index (χ0) is 18.2. The van der Waals surface area contributed by atoms with Crippen LogP contribution in [0.5, 0.6) is 0 Å². The van der Waals surface area contributed by atoms with Gasteiger partial charge in [-0.2, -0.15) is 0 Å². The minimum atomic E-state index is 0.480. The van der Waals surface area contributed by atoms with Crippen molar-refractivity contribution < 1.29 is 4.42 Å². The number of nitrogens with one attached hydrogen (secondary N) is 2. The van der Waals surface area contributed by atoms with Gasteiger partial charge >= 0.3 is 0 Å². The summed E-state index contributed by atoms with van der Waals surface area (Å²) in [6.45, 7) is 8.26. The number of hydrogen-bond acceptors (Lipinski definition) is 4. The number of piperidine rings is 1. The number of rotatable bonds is 7. The van der Waals surface area contributed by atoms with Gasteiger partial charge in [0.15, 0.2) is 5.96 Å². The molecule has 3 heterocycles. The van der Waals surface area contributed by atoms with E-state index in [0.717, 1.165) is 57.2 Å². The highest BCUT2D eigenvalue weighted by Crippen LogP contribution is 2.24. The van der Waals surface area contributed by atoms with Gasteiger partial charge in [-0.15, -0.1) is 11.3 Å². The number of nitrogens with zero attached hydrogens (tertiary/aromatic N) is 2. The number of hydrogen-bond donors (Lipinski definition) is 2. The third-order valence-corrected chi connectivity index (χ3v) is 5.44. The molecule has 0 saturated carbocycles. The molecule has 1 aliphatic heterocycles. The third kappa shape index (κ3) is 5.80. The minimum absolute atomic E-state index is 0.480. The Morgan fingerprint density at radius 1 is 1.31 bits per heavy atom. The van der Waals surface area contributed by atoms with Crippen LogP contribution in [-0.4, -0.2) is 38.2 Å². The van der Waals surface area contributed by atoms with Crippen molar-refractivity contribution in [3.05, 3.63) is 41.7 Å². The van der Waals surface area contributed by atoms with Gasteiger partial charge in [0.05, 0.1) is 11.3 Å². The first-order chi connectivity index (χ1) is 12.7. The van der Waals surface area contributed by atoms with Gasteiger partial charge in [0, 0.05) is 38.6 Å². The van der Waals surface area contributed by atoms with E-state index >= 15 is 0 Å². The topological polar surface area (TPSA) is 52.8 Å². The van der Waals surface area contributed by atoms with E-state index in [-0.39, 0.29) is 0 Å². The van der Waals surface area contributed by atoms with Crippen LogP contribution in [0.3, 0.4) is 0 Å². The van der Waals surface area contributed by atoms with Gasteiger partial charge in [-0.1, -0.05) is 13.8 Å². The summed E-state index contributed by atoms with van der Waals surface area (Å²) >= 11 is 1.83. The van der Waals surface area contributed by atoms with E-state index in [1.807, 2.05) is 23.5 Å². The fraction of sp³-hybridized carbons (Fsp3) is 0.550. The number of aliphatic imine (C=N–C) groups is 1. The molecule has 2 N–H and O–H groups in total. The molecular weight excluding hydrogens is 344 g/mol. The van der Waals surface area contributed by atoms with Crippen molar-refractivity contribution in [2.45, 2.75) is 39.2 Å². The first-order valence-electron chi connectivity index (χ1n) is 9.56. The summed E-state index contributed by atoms with van der Waals surface area (Å²) in [5, 5.41) is 10.6. The highest BCUT2D eigenvalue weighted by atomic mass is 32.1. The van der Waals surface area contributed by atoms with E-state index in [4.69, 9.17) is 9.41 Å². The maximum atomic E-state index is 5.41. The molecule has 1 saturated heterocycles. The van der Waals surface area contributed by atoms with Crippen molar-refractivity contribution in [3.8, 4) is 0 Å². The van der Waals surface area contributed by atoms with Gasteiger partial charge in [0.2, 0.25) is 0 Å². The van der Waals surface area contributed by atoms with Crippen molar-refractivity contribution in [3.63, 3.8) is 0 Å². The molecule has 1 aliphatic rings. The lowest BCUT2D eigenvalue weighted by molar-refractivity contribution is 0.460. The molecule has 0 radical (unpaired) electrons. The monoisotopic (exact) mass is 374 g/mol. The summed E-state index contributed by atoms with van der Waals surface area (Å²) in [4.78, 5) is 7.24. The maximum absolute atomic E-state index is 5.41. The van der Waals surface area contributed by atoms with Crippen LogP contribution >= 0.6 is 11.3 Å². The number of furan rings is 1. The maximum Gasteiger partial charge on any atom is 0.191 e. The molecule has 6 heteroatoms. The lowest BCUT2D eigenvalue weighted by Gasteiger charge is -2.33. The Kier molecular flexibility index (Phi) is 7.00. The Morgan fingerprint density at radius 3 is 2.81 bits per heavy atom. The van der Waals surface area contributed by atoms with E-state index in [1.54, 1.807) is 6.26 Å². The fourth-order valence-electron chi connectivity index (χ4n) is 3.07. The molecule has 0 spiro atoms. The standard InChI is InChI=1S/C20H30N4OS/c1-16(2)15-22-20(21-10-7-18-5-3-13-25-18)23-17-8-11-24(12-9-17)19-6-4-14-26-19/h3-6,13-14,16-17H,7-12,15H2,1-2H3,(H2,21,22,23). The zero-order valence-electron chi connectivity index (χ0n) is 15.8. The molecule has 0 unspecified atom stereocenters. The molecule has 0 aromatic carbocycles. The molecule has 26 heavy (non-hydrogen) atoms. The molecule has 2 aromatic heterocycles. The number of anilines is 1. The highest BCUT2D eigenvalue weighted by molar-refractivity contribution is 7.14. The quantitative estimate of drug-likeness (QED) is 0.573. The molecule has 5 nitrogen and oxygen atoms in total. The second-order valence-corrected chi connectivity index (χ2v) is 8.12. The van der Waals surface area contributed by atoms with Crippen molar-refractivity contribution in [2.75, 3.05) is 31.1 Å². The molecule has 0 aliphatic carbocycles. The lowest BCUT2D eigenvalue weighted by Crippen LogP contribution is -2.49. The van der Waals surface area contributed by atoms with Gasteiger partial charge in [-0.3, -0.25) is 4.99 Å². The summed E-state index contributed by atoms with van der Waals surface area (Å²) in [7, 11) is 0. The van der Waals surface area contributed by atoms with E-state index < -0.39 is 0 Å². The average molecular weight is 375 g/mol. The van der Waals surface area contributed by atoms with Gasteiger partial charge in [-0.05, 0) is 48.4 Å². The van der Waals surface area contributed by atoms with Crippen LogP contribution in [0.4, 0.5) is 5.00 Å². The molecular formula is C20H30N4OS. The summed E-state index contributed by atoms with van der Waals surface area (Å²) in [6.07, 6.45) is 4.87.